The van der Waals surface area contributed by atoms with E-state index in [2.05, 4.69) is 15.8 Å². The van der Waals surface area contributed by atoms with Crippen molar-refractivity contribution in [3.8, 4) is 0 Å². The predicted octanol–water partition coefficient (Wildman–Crippen LogP) is 3.61. The molecule has 0 aliphatic rings. The number of para-hydroxylation sites is 3. The topological polar surface area (TPSA) is 123 Å². The van der Waals surface area contributed by atoms with E-state index >= 15 is 0 Å². The fourth-order valence-electron chi connectivity index (χ4n) is 1.58. The third-order valence-corrected chi connectivity index (χ3v) is 2.55. The number of nitro groups is 1. The monoisotopic (exact) mass is 287 g/mol. The summed E-state index contributed by atoms with van der Waals surface area (Å²) in [5.74, 6) is 0. The molecule has 0 saturated heterocycles. The van der Waals surface area contributed by atoms with Crippen molar-refractivity contribution >= 4 is 22.7 Å². The maximum atomic E-state index is 11.8. The van der Waals surface area contributed by atoms with E-state index < -0.39 is 4.92 Å². The number of hydrogen-bond donors (Lipinski definition) is 1. The van der Waals surface area contributed by atoms with Crippen LogP contribution in [0.25, 0.3) is 0 Å². The number of nitroso groups, excluding NO2 is 1. The lowest BCUT2D eigenvalue weighted by atomic mass is 10.3. The van der Waals surface area contributed by atoms with E-state index in [9.17, 15) is 20.2 Å². The molecule has 0 bridgehead atoms. The fraction of sp³-hybridized carbons (Fsp3) is 0. The summed E-state index contributed by atoms with van der Waals surface area (Å²) in [6, 6.07) is 11.5. The first-order valence-electron chi connectivity index (χ1n) is 5.73. The van der Waals surface area contributed by atoms with E-state index in [-0.39, 0.29) is 27.6 Å². The number of nitro benzene ring substituents is 1. The minimum absolute atomic E-state index is 0.0555. The molecule has 2 rings (SSSR count). The summed E-state index contributed by atoms with van der Waals surface area (Å²) in [5, 5.41) is 28.8. The van der Waals surface area contributed by atoms with Crippen LogP contribution in [0.3, 0.4) is 0 Å². The van der Waals surface area contributed by atoms with Gasteiger partial charge in [-0.05, 0) is 23.4 Å². The third-order valence-electron chi connectivity index (χ3n) is 2.55. The molecule has 2 aromatic rings. The van der Waals surface area contributed by atoms with Gasteiger partial charge in [-0.25, -0.2) is 0 Å². The number of anilines is 1. The largest absolute Gasteiger partial charge is 0.691 e. The molecule has 2 aromatic carbocycles. The summed E-state index contributed by atoms with van der Waals surface area (Å²) in [4.78, 5) is 20.9. The van der Waals surface area contributed by atoms with Crippen LogP contribution in [0.5, 0.6) is 0 Å². The molecular weight excluding hydrogens is 278 g/mol. The molecule has 0 aliphatic heterocycles. The molecule has 0 amide bonds. The zero-order valence-corrected chi connectivity index (χ0v) is 10.5. The average Bonchev–Trinajstić information content (AvgIpc) is 2.52. The molecule has 106 valence electrons. The highest BCUT2D eigenvalue weighted by molar-refractivity contribution is 5.60. The quantitative estimate of drug-likeness (QED) is 0.296. The summed E-state index contributed by atoms with van der Waals surface area (Å²) in [6.45, 7) is 0. The number of hydrogen-bond acceptors (Lipinski definition) is 6. The van der Waals surface area contributed by atoms with Crippen LogP contribution in [-0.4, -0.2) is 9.78 Å². The van der Waals surface area contributed by atoms with E-state index in [0.29, 0.717) is 0 Å². The lowest BCUT2D eigenvalue weighted by molar-refractivity contribution is -0.439. The van der Waals surface area contributed by atoms with Gasteiger partial charge in [0.15, 0.2) is 11.4 Å². The molecule has 9 nitrogen and oxygen atoms in total. The molecule has 0 unspecified atom stereocenters. The Balaban J connectivity index is 2.29. The van der Waals surface area contributed by atoms with Crippen LogP contribution in [-0.2, 0) is 0 Å². The van der Waals surface area contributed by atoms with Gasteiger partial charge in [0.1, 0.15) is 0 Å². The highest BCUT2D eigenvalue weighted by atomic mass is 16.6. The summed E-state index contributed by atoms with van der Waals surface area (Å²) < 4.78 is 0. The molecule has 1 N–H and O–H groups in total. The summed E-state index contributed by atoms with van der Waals surface area (Å²) in [5.41, 5.74) is 1.97. The molecule has 0 fully saturated rings. The molecule has 0 atom stereocenters. The van der Waals surface area contributed by atoms with Crippen molar-refractivity contribution in [1.82, 2.24) is 0 Å². The van der Waals surface area contributed by atoms with Crippen molar-refractivity contribution in [3.05, 3.63) is 68.8 Å². The Kier molecular flexibility index (Phi) is 4.14. The van der Waals surface area contributed by atoms with E-state index in [0.717, 1.165) is 0 Å². The Hall–Kier alpha value is -3.36. The second-order valence-electron chi connectivity index (χ2n) is 3.84. The van der Waals surface area contributed by atoms with Gasteiger partial charge >= 0.3 is 5.69 Å². The van der Waals surface area contributed by atoms with Gasteiger partial charge in [-0.1, -0.05) is 24.3 Å². The first kappa shape index (κ1) is 14.1. The third kappa shape index (κ3) is 3.15. The molecule has 21 heavy (non-hydrogen) atoms. The predicted molar refractivity (Wildman–Crippen MR) is 74.3 cm³/mol. The van der Waals surface area contributed by atoms with Gasteiger partial charge in [0.2, 0.25) is 5.69 Å². The van der Waals surface area contributed by atoms with Crippen LogP contribution in [0.2, 0.25) is 0 Å². The molecule has 0 spiro atoms. The Bertz CT molecular complexity index is 716. The van der Waals surface area contributed by atoms with Gasteiger partial charge in [0.05, 0.1) is 10.1 Å². The molecular formula is C12H9N5O4. The van der Waals surface area contributed by atoms with E-state index in [1.54, 1.807) is 12.1 Å². The maximum absolute atomic E-state index is 11.8. The van der Waals surface area contributed by atoms with Crippen LogP contribution >= 0.6 is 0 Å². The van der Waals surface area contributed by atoms with Crippen LogP contribution in [0, 0.1) is 20.2 Å². The highest BCUT2D eigenvalue weighted by Gasteiger charge is 2.16. The van der Waals surface area contributed by atoms with Crippen molar-refractivity contribution in [2.24, 2.45) is 10.4 Å². The molecule has 0 saturated carbocycles. The van der Waals surface area contributed by atoms with Crippen molar-refractivity contribution < 1.29 is 9.78 Å². The second-order valence-corrected chi connectivity index (χ2v) is 3.84. The van der Waals surface area contributed by atoms with E-state index in [1.165, 1.54) is 36.4 Å². The molecule has 9 heteroatoms. The van der Waals surface area contributed by atoms with Crippen LogP contribution in [0.15, 0.2) is 58.9 Å². The highest BCUT2D eigenvalue weighted by Crippen LogP contribution is 2.27. The zero-order chi connectivity index (χ0) is 15.2. The normalized spacial score (nSPS) is 11.0. The zero-order valence-electron chi connectivity index (χ0n) is 10.5. The molecule has 0 heterocycles. The first-order chi connectivity index (χ1) is 10.1. The Morgan fingerprint density at radius 1 is 0.952 bits per heavy atom. The van der Waals surface area contributed by atoms with Crippen LogP contribution in [0.4, 0.5) is 22.7 Å². The summed E-state index contributed by atoms with van der Waals surface area (Å²) in [6.07, 6.45) is 0. The Morgan fingerprint density at radius 3 is 2.24 bits per heavy atom. The van der Waals surface area contributed by atoms with Gasteiger partial charge in [0, 0.05) is 6.07 Å². The Labute approximate surface area is 118 Å². The lowest BCUT2D eigenvalue weighted by Crippen LogP contribution is -2.00. The van der Waals surface area contributed by atoms with Crippen molar-refractivity contribution in [2.75, 3.05) is 5.43 Å². The summed E-state index contributed by atoms with van der Waals surface area (Å²) >= 11 is 0. The van der Waals surface area contributed by atoms with Crippen molar-refractivity contribution in [2.45, 2.75) is 0 Å². The molecule has 0 aliphatic carbocycles. The number of rotatable bonds is 5. The minimum atomic E-state index is -0.603. The van der Waals surface area contributed by atoms with Crippen LogP contribution in [0.1, 0.15) is 0 Å². The standard InChI is InChI=1S/C12H9N5O4/c18-14-10-6-2-3-7-11(10)16(19)15-13-9-5-1-4-8-12(9)17(20)21/h1-8,13H/b16-15-. The van der Waals surface area contributed by atoms with Gasteiger partial charge in [-0.3, -0.25) is 10.1 Å². The number of nitrogens with one attached hydrogen (secondary N) is 1. The maximum Gasteiger partial charge on any atom is 0.317 e. The van der Waals surface area contributed by atoms with Gasteiger partial charge in [-0.2, -0.15) is 0 Å². The van der Waals surface area contributed by atoms with Gasteiger partial charge in [0.25, 0.3) is 0 Å². The number of benzene rings is 2. The average molecular weight is 287 g/mol. The Morgan fingerprint density at radius 2 is 1.57 bits per heavy atom. The van der Waals surface area contributed by atoms with Gasteiger partial charge in [-0.15, -0.1) is 15.2 Å². The smallest absolute Gasteiger partial charge is 0.317 e. The second kappa shape index (κ2) is 6.19. The SMILES string of the molecule is O=Nc1ccccc1/[N+]([O-])=N/Nc1ccccc1[N+](=O)[O-]. The van der Waals surface area contributed by atoms with Gasteiger partial charge < -0.3 is 5.21 Å². The van der Waals surface area contributed by atoms with Crippen molar-refractivity contribution in [1.29, 1.82) is 0 Å². The number of nitrogens with zero attached hydrogens (tertiary/aromatic N) is 4. The summed E-state index contributed by atoms with van der Waals surface area (Å²) in [7, 11) is 0. The van der Waals surface area contributed by atoms with E-state index in [1.807, 2.05) is 0 Å². The minimum Gasteiger partial charge on any atom is -0.691 e. The molecule has 0 aromatic heterocycles. The van der Waals surface area contributed by atoms with Crippen molar-refractivity contribution in [3.63, 3.8) is 0 Å². The molecule has 0 radical (unpaired) electrons. The first-order valence-corrected chi connectivity index (χ1v) is 5.73. The lowest BCUT2D eigenvalue weighted by Gasteiger charge is -2.06. The fourth-order valence-corrected chi connectivity index (χ4v) is 1.58. The van der Waals surface area contributed by atoms with E-state index in [4.69, 9.17) is 0 Å². The van der Waals surface area contributed by atoms with Crippen LogP contribution < -0.4 is 5.43 Å².